The fourth-order valence-electron chi connectivity index (χ4n) is 2.47. The fourth-order valence-corrected chi connectivity index (χ4v) is 3.56. The van der Waals surface area contributed by atoms with Gasteiger partial charge in [0.15, 0.2) is 0 Å². The van der Waals surface area contributed by atoms with Gasteiger partial charge in [0.25, 0.3) is 0 Å². The summed E-state index contributed by atoms with van der Waals surface area (Å²) >= 11 is 0. The van der Waals surface area contributed by atoms with Gasteiger partial charge >= 0.3 is 20.5 Å². The molecule has 0 aliphatic heterocycles. The number of hydrogen-bond acceptors (Lipinski definition) is 8. The number of esters is 1. The number of ether oxygens (including phenoxy) is 2. The van der Waals surface area contributed by atoms with Gasteiger partial charge in [0.05, 0.1) is 18.8 Å². The zero-order valence-corrected chi connectivity index (χ0v) is 20.6. The third-order valence-corrected chi connectivity index (χ3v) is 5.22. The first-order valence-electron chi connectivity index (χ1n) is 10.7. The van der Waals surface area contributed by atoms with E-state index in [0.717, 1.165) is 0 Å². The first-order chi connectivity index (χ1) is 15.8. The molecule has 11 heteroatoms. The molecule has 0 bridgehead atoms. The van der Waals surface area contributed by atoms with Gasteiger partial charge in [0.1, 0.15) is 24.8 Å². The second kappa shape index (κ2) is 16.1. The zero-order chi connectivity index (χ0) is 24.6. The van der Waals surface area contributed by atoms with E-state index in [4.69, 9.17) is 18.5 Å². The van der Waals surface area contributed by atoms with Crippen molar-refractivity contribution in [1.29, 1.82) is 0 Å². The fraction of sp³-hybridized carbons (Fsp3) is 0.500. The maximum absolute atomic E-state index is 12.1. The van der Waals surface area contributed by atoms with Crippen LogP contribution in [0.1, 0.15) is 34.1 Å². The van der Waals surface area contributed by atoms with E-state index in [9.17, 15) is 14.4 Å². The summed E-state index contributed by atoms with van der Waals surface area (Å²) in [6.07, 6.45) is 2.45. The molecule has 0 radical (unpaired) electrons. The van der Waals surface area contributed by atoms with Crippen LogP contribution in [0.2, 0.25) is 0 Å². The third kappa shape index (κ3) is 11.8. The number of nitrogens with one attached hydrogen (secondary N) is 2. The lowest BCUT2D eigenvalue weighted by atomic mass is 10.3. The van der Waals surface area contributed by atoms with Crippen molar-refractivity contribution in [3.8, 4) is 5.75 Å². The monoisotopic (exact) mass is 483 g/mol. The SMILES string of the molecule is CC[C@@H](COP(NCC(=O)OC(C)C)Oc1ccccc1)OC(C)N(/C=C\C=O)C(=O)NC. The molecule has 2 N–H and O–H groups in total. The summed E-state index contributed by atoms with van der Waals surface area (Å²) in [6.45, 7) is 7.22. The molecule has 1 aromatic carbocycles. The zero-order valence-electron chi connectivity index (χ0n) is 19.7. The Morgan fingerprint density at radius 1 is 1.18 bits per heavy atom. The molecule has 3 atom stereocenters. The number of carbonyl (C=O) groups is 3. The second-order valence-electron chi connectivity index (χ2n) is 7.04. The second-order valence-corrected chi connectivity index (χ2v) is 8.31. The molecule has 0 fully saturated rings. The predicted molar refractivity (Wildman–Crippen MR) is 125 cm³/mol. The largest absolute Gasteiger partial charge is 0.462 e. The normalized spacial score (nSPS) is 13.9. The Morgan fingerprint density at radius 3 is 2.45 bits per heavy atom. The average Bonchev–Trinajstić information content (AvgIpc) is 2.79. The van der Waals surface area contributed by atoms with Crippen molar-refractivity contribution in [2.75, 3.05) is 20.2 Å². The van der Waals surface area contributed by atoms with Crippen molar-refractivity contribution in [2.45, 2.75) is 52.6 Å². The lowest BCUT2D eigenvalue weighted by Gasteiger charge is -2.29. The van der Waals surface area contributed by atoms with E-state index in [1.807, 2.05) is 25.1 Å². The number of urea groups is 1. The molecule has 0 heterocycles. The van der Waals surface area contributed by atoms with E-state index in [2.05, 4.69) is 10.4 Å². The van der Waals surface area contributed by atoms with E-state index in [1.165, 1.54) is 24.2 Å². The summed E-state index contributed by atoms with van der Waals surface area (Å²) in [4.78, 5) is 35.9. The molecular weight excluding hydrogens is 449 g/mol. The number of allylic oxidation sites excluding steroid dienone is 1. The summed E-state index contributed by atoms with van der Waals surface area (Å²) in [7, 11) is -0.194. The molecule has 33 heavy (non-hydrogen) atoms. The van der Waals surface area contributed by atoms with Crippen LogP contribution in [0.5, 0.6) is 5.75 Å². The van der Waals surface area contributed by atoms with Crippen molar-refractivity contribution in [3.63, 3.8) is 0 Å². The Labute approximate surface area is 196 Å². The van der Waals surface area contributed by atoms with Gasteiger partial charge in [-0.1, -0.05) is 25.1 Å². The molecule has 184 valence electrons. The highest BCUT2D eigenvalue weighted by molar-refractivity contribution is 7.45. The van der Waals surface area contributed by atoms with Gasteiger partial charge < -0.3 is 23.8 Å². The topological polar surface area (TPSA) is 115 Å². The Kier molecular flexibility index (Phi) is 14.0. The Bertz CT molecular complexity index is 749. The first-order valence-corrected chi connectivity index (χ1v) is 11.8. The molecule has 0 aromatic heterocycles. The lowest BCUT2D eigenvalue weighted by Crippen LogP contribution is -2.43. The lowest BCUT2D eigenvalue weighted by molar-refractivity contribution is -0.145. The number of para-hydroxylation sites is 1. The van der Waals surface area contributed by atoms with Crippen LogP contribution in [0.15, 0.2) is 42.6 Å². The van der Waals surface area contributed by atoms with Crippen LogP contribution in [-0.4, -0.2) is 61.8 Å². The Balaban J connectivity index is 2.77. The number of rotatable bonds is 15. The minimum Gasteiger partial charge on any atom is -0.462 e. The Hall–Kier alpha value is -2.52. The van der Waals surface area contributed by atoms with Crippen LogP contribution in [0.3, 0.4) is 0 Å². The quantitative estimate of drug-likeness (QED) is 0.128. The van der Waals surface area contributed by atoms with Gasteiger partial charge in [-0.2, -0.15) is 0 Å². The van der Waals surface area contributed by atoms with E-state index in [1.54, 1.807) is 32.9 Å². The van der Waals surface area contributed by atoms with E-state index in [-0.39, 0.29) is 25.4 Å². The molecule has 0 saturated heterocycles. The predicted octanol–water partition coefficient (Wildman–Crippen LogP) is 3.35. The van der Waals surface area contributed by atoms with Crippen LogP contribution in [0.4, 0.5) is 4.79 Å². The number of benzene rings is 1. The number of carbonyl (C=O) groups excluding carboxylic acids is 3. The molecule has 10 nitrogen and oxygen atoms in total. The maximum atomic E-state index is 12.1. The number of aldehydes is 1. The van der Waals surface area contributed by atoms with Crippen LogP contribution < -0.4 is 14.9 Å². The van der Waals surface area contributed by atoms with Crippen molar-refractivity contribution in [1.82, 2.24) is 15.3 Å². The van der Waals surface area contributed by atoms with E-state index >= 15 is 0 Å². The average molecular weight is 484 g/mol. The first kappa shape index (κ1) is 28.5. The number of nitrogens with zero attached hydrogens (tertiary/aromatic N) is 1. The standard InChI is InChI=1S/C22H34N3O7P/c1-6-19(31-18(4)25(13-10-14-26)22(28)23-5)16-29-33(24-15-21(27)30-17(2)3)32-20-11-8-7-9-12-20/h7-14,17-19,24H,6,15-16H2,1-5H3,(H,23,28)/b13-10-/t18?,19-,33?/m0/s1. The van der Waals surface area contributed by atoms with Gasteiger partial charge in [-0.25, -0.2) is 9.88 Å². The van der Waals surface area contributed by atoms with Gasteiger partial charge in [0.2, 0.25) is 0 Å². The minimum absolute atomic E-state index is 0.0777. The van der Waals surface area contributed by atoms with Gasteiger partial charge in [0, 0.05) is 13.2 Å². The van der Waals surface area contributed by atoms with Gasteiger partial charge in [-0.3, -0.25) is 14.5 Å². The third-order valence-electron chi connectivity index (χ3n) is 4.04. The molecule has 2 amide bonds. The van der Waals surface area contributed by atoms with Crippen LogP contribution >= 0.6 is 8.53 Å². The van der Waals surface area contributed by atoms with Crippen molar-refractivity contribution in [3.05, 3.63) is 42.6 Å². The minimum atomic E-state index is -1.68. The summed E-state index contributed by atoms with van der Waals surface area (Å²) in [5.74, 6) is 0.165. The molecule has 2 unspecified atom stereocenters. The van der Waals surface area contributed by atoms with Crippen LogP contribution in [0, 0.1) is 0 Å². The van der Waals surface area contributed by atoms with E-state index in [0.29, 0.717) is 18.5 Å². The van der Waals surface area contributed by atoms with E-state index < -0.39 is 26.8 Å². The van der Waals surface area contributed by atoms with Crippen LogP contribution in [-0.2, 0) is 23.6 Å². The molecule has 0 saturated carbocycles. The smallest absolute Gasteiger partial charge is 0.323 e. The maximum Gasteiger partial charge on any atom is 0.323 e. The van der Waals surface area contributed by atoms with Gasteiger partial charge in [-0.15, -0.1) is 0 Å². The highest BCUT2D eigenvalue weighted by Crippen LogP contribution is 2.35. The van der Waals surface area contributed by atoms with Crippen molar-refractivity contribution in [2.24, 2.45) is 0 Å². The molecule has 1 rings (SSSR count). The number of amides is 2. The highest BCUT2D eigenvalue weighted by Gasteiger charge is 2.23. The summed E-state index contributed by atoms with van der Waals surface area (Å²) < 4.78 is 22.9. The van der Waals surface area contributed by atoms with Crippen molar-refractivity contribution >= 4 is 26.8 Å². The highest BCUT2D eigenvalue weighted by atomic mass is 31.2. The van der Waals surface area contributed by atoms with Crippen LogP contribution in [0.25, 0.3) is 0 Å². The van der Waals surface area contributed by atoms with Gasteiger partial charge in [-0.05, 0) is 45.4 Å². The van der Waals surface area contributed by atoms with Crippen molar-refractivity contribution < 1.29 is 32.9 Å². The molecule has 1 aromatic rings. The summed E-state index contributed by atoms with van der Waals surface area (Å²) in [5, 5.41) is 5.45. The summed E-state index contributed by atoms with van der Waals surface area (Å²) in [6, 6.07) is 8.66. The molecule has 0 aliphatic carbocycles. The summed E-state index contributed by atoms with van der Waals surface area (Å²) in [5.41, 5.74) is 0. The molecule has 0 aliphatic rings. The molecular formula is C22H34N3O7P. The molecule has 0 spiro atoms. The number of hydrogen-bond donors (Lipinski definition) is 2. The Morgan fingerprint density at radius 2 is 1.88 bits per heavy atom.